The Hall–Kier alpha value is -3.47. The van der Waals surface area contributed by atoms with Crippen molar-refractivity contribution in [1.82, 2.24) is 0 Å². The Morgan fingerprint density at radius 2 is 1.50 bits per heavy atom. The first-order valence-corrected chi connectivity index (χ1v) is 9.19. The lowest BCUT2D eigenvalue weighted by atomic mass is 9.69. The summed E-state index contributed by atoms with van der Waals surface area (Å²) in [5, 5.41) is 11.5. The molecule has 2 unspecified atom stereocenters. The molecule has 0 saturated carbocycles. The third-order valence-electron chi connectivity index (χ3n) is 5.60. The highest BCUT2D eigenvalue weighted by molar-refractivity contribution is 6.13. The van der Waals surface area contributed by atoms with Gasteiger partial charge >= 0.3 is 0 Å². The molecule has 3 aromatic carbocycles. The van der Waals surface area contributed by atoms with Crippen LogP contribution in [0.2, 0.25) is 0 Å². The fraction of sp³-hybridized carbons (Fsp3) is 0.174. The van der Waals surface area contributed by atoms with Crippen molar-refractivity contribution in [2.45, 2.75) is 18.3 Å². The van der Waals surface area contributed by atoms with Crippen molar-refractivity contribution in [3.05, 3.63) is 106 Å². The van der Waals surface area contributed by atoms with Gasteiger partial charge in [-0.3, -0.25) is 19.8 Å². The van der Waals surface area contributed by atoms with Crippen LogP contribution < -0.4 is 4.90 Å². The largest absolute Gasteiger partial charge is 0.280 e. The fourth-order valence-corrected chi connectivity index (χ4v) is 4.19. The van der Waals surface area contributed by atoms with Crippen molar-refractivity contribution < 1.29 is 9.72 Å². The quantitative estimate of drug-likeness (QED) is 0.482. The van der Waals surface area contributed by atoms with Gasteiger partial charge in [-0.15, -0.1) is 0 Å². The number of carbonyl (C=O) groups excluding carboxylic acids is 1. The first kappa shape index (κ1) is 17.9. The van der Waals surface area contributed by atoms with Gasteiger partial charge < -0.3 is 0 Å². The molecule has 5 nitrogen and oxygen atoms in total. The van der Waals surface area contributed by atoms with Crippen LogP contribution in [0.15, 0.2) is 84.9 Å². The van der Waals surface area contributed by atoms with Crippen molar-refractivity contribution >= 4 is 17.3 Å². The smallest absolute Gasteiger partial charge is 0.242 e. The third-order valence-corrected chi connectivity index (χ3v) is 5.60. The molecule has 0 saturated heterocycles. The molecule has 1 aliphatic heterocycles. The van der Waals surface area contributed by atoms with Gasteiger partial charge in [0, 0.05) is 10.6 Å². The minimum Gasteiger partial charge on any atom is -0.280 e. The van der Waals surface area contributed by atoms with Gasteiger partial charge in [-0.2, -0.15) is 0 Å². The van der Waals surface area contributed by atoms with Crippen LogP contribution in [0.25, 0.3) is 0 Å². The Balaban J connectivity index is 1.92. The number of carbonyl (C=O) groups is 1. The Kier molecular flexibility index (Phi) is 4.43. The second kappa shape index (κ2) is 6.93. The highest BCUT2D eigenvalue weighted by Gasteiger charge is 2.54. The van der Waals surface area contributed by atoms with Crippen LogP contribution in [0.4, 0.5) is 11.4 Å². The van der Waals surface area contributed by atoms with E-state index in [1.807, 2.05) is 91.9 Å². The summed E-state index contributed by atoms with van der Waals surface area (Å²) in [4.78, 5) is 26.7. The third kappa shape index (κ3) is 2.76. The van der Waals surface area contributed by atoms with E-state index in [1.54, 1.807) is 4.90 Å². The number of nitro groups is 1. The molecule has 1 heterocycles. The van der Waals surface area contributed by atoms with Gasteiger partial charge in [-0.1, -0.05) is 66.7 Å². The Labute approximate surface area is 163 Å². The number of para-hydroxylation sites is 2. The Morgan fingerprint density at radius 1 is 0.929 bits per heavy atom. The van der Waals surface area contributed by atoms with Gasteiger partial charge in [-0.05, 0) is 36.2 Å². The van der Waals surface area contributed by atoms with Gasteiger partial charge in [0.2, 0.25) is 12.5 Å². The maximum atomic E-state index is 13.8. The molecule has 0 spiro atoms. The molecule has 2 atom stereocenters. The predicted octanol–water partition coefficient (Wildman–Crippen LogP) is 4.68. The van der Waals surface area contributed by atoms with Crippen molar-refractivity contribution in [2.75, 3.05) is 11.4 Å². The summed E-state index contributed by atoms with van der Waals surface area (Å²) < 4.78 is 0. The van der Waals surface area contributed by atoms with E-state index in [9.17, 15) is 14.9 Å². The summed E-state index contributed by atoms with van der Waals surface area (Å²) in [5.41, 5.74) is 2.11. The standard InChI is InChI=1S/C23H20N2O3/c1-23(20(16-24(27)28)17-10-4-2-5-11-17)19-14-8-9-15-21(19)25(22(23)26)18-12-6-3-7-13-18/h2-15,20H,16H2,1H3. The highest BCUT2D eigenvalue weighted by atomic mass is 16.6. The van der Waals surface area contributed by atoms with E-state index in [2.05, 4.69) is 0 Å². The van der Waals surface area contributed by atoms with Crippen LogP contribution in [-0.4, -0.2) is 17.4 Å². The minimum absolute atomic E-state index is 0.143. The second-order valence-electron chi connectivity index (χ2n) is 7.17. The molecule has 3 aromatic rings. The van der Waals surface area contributed by atoms with E-state index >= 15 is 0 Å². The number of hydrogen-bond donors (Lipinski definition) is 0. The molecular formula is C23H20N2O3. The molecule has 140 valence electrons. The van der Waals surface area contributed by atoms with E-state index in [-0.39, 0.29) is 17.4 Å². The van der Waals surface area contributed by atoms with Gasteiger partial charge in [0.15, 0.2) is 0 Å². The van der Waals surface area contributed by atoms with Crippen molar-refractivity contribution in [2.24, 2.45) is 0 Å². The summed E-state index contributed by atoms with van der Waals surface area (Å²) in [5.74, 6) is -0.721. The summed E-state index contributed by atoms with van der Waals surface area (Å²) in [6.45, 7) is 1.52. The lowest BCUT2D eigenvalue weighted by Gasteiger charge is -2.31. The van der Waals surface area contributed by atoms with Crippen molar-refractivity contribution in [3.8, 4) is 0 Å². The molecule has 1 aliphatic rings. The van der Waals surface area contributed by atoms with E-state index in [4.69, 9.17) is 0 Å². The molecule has 0 aromatic heterocycles. The van der Waals surface area contributed by atoms with Crippen LogP contribution in [0.5, 0.6) is 0 Å². The number of amides is 1. The van der Waals surface area contributed by atoms with E-state index in [1.165, 1.54) is 0 Å². The molecule has 0 bridgehead atoms. The maximum absolute atomic E-state index is 13.8. The topological polar surface area (TPSA) is 63.5 Å². The van der Waals surface area contributed by atoms with Crippen molar-refractivity contribution in [3.63, 3.8) is 0 Å². The second-order valence-corrected chi connectivity index (χ2v) is 7.17. The number of fused-ring (bicyclic) bond motifs is 1. The molecule has 0 fully saturated rings. The number of rotatable bonds is 5. The van der Waals surface area contributed by atoms with Crippen LogP contribution in [0, 0.1) is 10.1 Å². The Bertz CT molecular complexity index is 1020. The average molecular weight is 372 g/mol. The zero-order chi connectivity index (χ0) is 19.7. The molecule has 28 heavy (non-hydrogen) atoms. The highest BCUT2D eigenvalue weighted by Crippen LogP contribution is 2.51. The van der Waals surface area contributed by atoms with Gasteiger partial charge in [0.25, 0.3) is 0 Å². The molecule has 5 heteroatoms. The minimum atomic E-state index is -1.04. The van der Waals surface area contributed by atoms with Crippen LogP contribution in [0.3, 0.4) is 0 Å². The fourth-order valence-electron chi connectivity index (χ4n) is 4.19. The first-order valence-electron chi connectivity index (χ1n) is 9.19. The van der Waals surface area contributed by atoms with Crippen LogP contribution >= 0.6 is 0 Å². The zero-order valence-corrected chi connectivity index (χ0v) is 15.5. The van der Waals surface area contributed by atoms with Crippen molar-refractivity contribution in [1.29, 1.82) is 0 Å². The van der Waals surface area contributed by atoms with E-state index in [0.29, 0.717) is 0 Å². The van der Waals surface area contributed by atoms with E-state index in [0.717, 1.165) is 22.5 Å². The van der Waals surface area contributed by atoms with Gasteiger partial charge in [0.1, 0.15) is 0 Å². The monoisotopic (exact) mass is 372 g/mol. The predicted molar refractivity (Wildman–Crippen MR) is 108 cm³/mol. The maximum Gasteiger partial charge on any atom is 0.242 e. The van der Waals surface area contributed by atoms with Gasteiger partial charge in [0.05, 0.1) is 17.0 Å². The molecule has 0 aliphatic carbocycles. The molecule has 1 amide bonds. The molecular weight excluding hydrogens is 352 g/mol. The number of nitrogens with zero attached hydrogens (tertiary/aromatic N) is 2. The average Bonchev–Trinajstić information content (AvgIpc) is 2.95. The van der Waals surface area contributed by atoms with Crippen LogP contribution in [-0.2, 0) is 10.2 Å². The molecule has 4 rings (SSSR count). The summed E-state index contributed by atoms with van der Waals surface area (Å²) in [7, 11) is 0. The normalized spacial score (nSPS) is 19.3. The summed E-state index contributed by atoms with van der Waals surface area (Å²) in [6, 6.07) is 26.3. The van der Waals surface area contributed by atoms with E-state index < -0.39 is 11.3 Å². The summed E-state index contributed by atoms with van der Waals surface area (Å²) >= 11 is 0. The number of hydrogen-bond acceptors (Lipinski definition) is 3. The first-order chi connectivity index (χ1) is 13.5. The Morgan fingerprint density at radius 3 is 2.14 bits per heavy atom. The lowest BCUT2D eigenvalue weighted by Crippen LogP contribution is -2.43. The van der Waals surface area contributed by atoms with Gasteiger partial charge in [-0.25, -0.2) is 0 Å². The number of benzene rings is 3. The molecule has 0 N–H and O–H groups in total. The summed E-state index contributed by atoms with van der Waals surface area (Å²) in [6.07, 6.45) is 0. The molecule has 0 radical (unpaired) electrons. The van der Waals surface area contributed by atoms with Crippen LogP contribution in [0.1, 0.15) is 24.0 Å². The zero-order valence-electron chi connectivity index (χ0n) is 15.5. The number of anilines is 2. The lowest BCUT2D eigenvalue weighted by molar-refractivity contribution is -0.484. The SMILES string of the molecule is CC1(C(C[N+](=O)[O-])c2ccccc2)C(=O)N(c2ccccc2)c2ccccc21.